The van der Waals surface area contributed by atoms with E-state index in [0.29, 0.717) is 20.9 Å². The molecule has 0 saturated heterocycles. The van der Waals surface area contributed by atoms with Gasteiger partial charge in [0.05, 0.1) is 29.8 Å². The molecule has 0 fully saturated rings. The number of methoxy groups -OCH3 is 2. The Balaban J connectivity index is 2.84. The Morgan fingerprint density at radius 1 is 1.53 bits per heavy atom. The molecule has 0 radical (unpaired) electrons. The van der Waals surface area contributed by atoms with Gasteiger partial charge in [0.1, 0.15) is 0 Å². The SMILES string of the molecule is COc1c(Br)cc(Cl)cc1NC(=O)CC(CN)OC. The van der Waals surface area contributed by atoms with Crippen molar-refractivity contribution in [1.29, 1.82) is 0 Å². The van der Waals surface area contributed by atoms with Gasteiger partial charge in [0.25, 0.3) is 0 Å². The zero-order valence-corrected chi connectivity index (χ0v) is 13.0. The molecule has 7 heteroatoms. The molecule has 3 N–H and O–H groups in total. The number of ether oxygens (including phenoxy) is 2. The summed E-state index contributed by atoms with van der Waals surface area (Å²) in [5.41, 5.74) is 5.97. The zero-order valence-electron chi connectivity index (χ0n) is 10.7. The molecule has 0 heterocycles. The number of carbonyl (C=O) groups excluding carboxylic acids is 1. The van der Waals surface area contributed by atoms with Crippen molar-refractivity contribution < 1.29 is 14.3 Å². The Morgan fingerprint density at radius 2 is 2.21 bits per heavy atom. The Morgan fingerprint density at radius 3 is 2.74 bits per heavy atom. The third-order valence-electron chi connectivity index (χ3n) is 2.50. The van der Waals surface area contributed by atoms with E-state index in [1.54, 1.807) is 12.1 Å². The lowest BCUT2D eigenvalue weighted by Crippen LogP contribution is -2.28. The van der Waals surface area contributed by atoms with Crippen molar-refractivity contribution in [3.05, 3.63) is 21.6 Å². The molecule has 0 aliphatic heterocycles. The summed E-state index contributed by atoms with van der Waals surface area (Å²) in [7, 11) is 3.03. The average Bonchev–Trinajstić information content (AvgIpc) is 2.35. The van der Waals surface area contributed by atoms with Crippen molar-refractivity contribution in [3.8, 4) is 5.75 Å². The topological polar surface area (TPSA) is 73.6 Å². The lowest BCUT2D eigenvalue weighted by molar-refractivity contribution is -0.118. The highest BCUT2D eigenvalue weighted by molar-refractivity contribution is 9.10. The molecule has 0 saturated carbocycles. The highest BCUT2D eigenvalue weighted by Crippen LogP contribution is 2.36. The van der Waals surface area contributed by atoms with Gasteiger partial charge in [-0.3, -0.25) is 4.79 Å². The number of benzene rings is 1. The first-order chi connectivity index (χ1) is 9.01. The first kappa shape index (κ1) is 16.2. The quantitative estimate of drug-likeness (QED) is 0.825. The minimum Gasteiger partial charge on any atom is -0.493 e. The van der Waals surface area contributed by atoms with Crippen LogP contribution >= 0.6 is 27.5 Å². The van der Waals surface area contributed by atoms with Crippen LogP contribution in [0, 0.1) is 0 Å². The Kier molecular flexibility index (Phi) is 6.57. The molecule has 0 aliphatic carbocycles. The van der Waals surface area contributed by atoms with Gasteiger partial charge in [-0.1, -0.05) is 11.6 Å². The molecule has 1 atom stereocenters. The molecule has 1 aromatic rings. The number of nitrogens with two attached hydrogens (primary N) is 1. The van der Waals surface area contributed by atoms with Crippen LogP contribution in [0.15, 0.2) is 16.6 Å². The maximum atomic E-state index is 11.9. The van der Waals surface area contributed by atoms with Crippen LogP contribution in [0.5, 0.6) is 5.75 Å². The van der Waals surface area contributed by atoms with Gasteiger partial charge in [-0.15, -0.1) is 0 Å². The van der Waals surface area contributed by atoms with Gasteiger partial charge < -0.3 is 20.5 Å². The summed E-state index contributed by atoms with van der Waals surface area (Å²) in [5, 5.41) is 3.22. The summed E-state index contributed by atoms with van der Waals surface area (Å²) in [5.74, 6) is 0.296. The summed E-state index contributed by atoms with van der Waals surface area (Å²) in [6.07, 6.45) is -0.145. The molecule has 1 aromatic carbocycles. The Bertz CT molecular complexity index is 453. The van der Waals surface area contributed by atoms with Gasteiger partial charge in [-0.05, 0) is 28.1 Å². The van der Waals surface area contributed by atoms with E-state index < -0.39 is 0 Å². The van der Waals surface area contributed by atoms with Crippen molar-refractivity contribution in [2.75, 3.05) is 26.1 Å². The lowest BCUT2D eigenvalue weighted by Gasteiger charge is -2.15. The highest BCUT2D eigenvalue weighted by Gasteiger charge is 2.15. The zero-order chi connectivity index (χ0) is 14.4. The molecule has 1 unspecified atom stereocenters. The molecular formula is C12H16BrClN2O3. The monoisotopic (exact) mass is 350 g/mol. The fourth-order valence-electron chi connectivity index (χ4n) is 1.53. The van der Waals surface area contributed by atoms with E-state index in [-0.39, 0.29) is 25.0 Å². The smallest absolute Gasteiger partial charge is 0.227 e. The number of anilines is 1. The summed E-state index contributed by atoms with van der Waals surface area (Å²) < 4.78 is 10.9. The van der Waals surface area contributed by atoms with Crippen molar-refractivity contribution in [1.82, 2.24) is 0 Å². The third-order valence-corrected chi connectivity index (χ3v) is 3.30. The van der Waals surface area contributed by atoms with Crippen LogP contribution in [0.4, 0.5) is 5.69 Å². The molecule has 1 amide bonds. The third kappa shape index (κ3) is 4.65. The number of nitrogens with one attached hydrogen (secondary N) is 1. The Hall–Kier alpha value is -0.820. The number of amides is 1. The second-order valence-electron chi connectivity index (χ2n) is 3.81. The van der Waals surface area contributed by atoms with Gasteiger partial charge in [0.2, 0.25) is 5.91 Å². The summed E-state index contributed by atoms with van der Waals surface area (Å²) in [6.45, 7) is 0.278. The standard InChI is InChI=1S/C12H16BrClN2O3/c1-18-8(6-15)5-11(17)16-10-4-7(14)3-9(13)12(10)19-2/h3-4,8H,5-6,15H2,1-2H3,(H,16,17). The van der Waals surface area contributed by atoms with E-state index in [0.717, 1.165) is 0 Å². The van der Waals surface area contributed by atoms with Crippen LogP contribution in [-0.4, -0.2) is 32.8 Å². The first-order valence-electron chi connectivity index (χ1n) is 5.57. The van der Waals surface area contributed by atoms with Gasteiger partial charge in [0, 0.05) is 18.7 Å². The normalized spacial score (nSPS) is 12.1. The number of hydrogen-bond donors (Lipinski definition) is 2. The van der Waals surface area contributed by atoms with Crippen LogP contribution in [-0.2, 0) is 9.53 Å². The van der Waals surface area contributed by atoms with E-state index in [4.69, 9.17) is 26.8 Å². The molecule has 19 heavy (non-hydrogen) atoms. The lowest BCUT2D eigenvalue weighted by atomic mass is 10.2. The van der Waals surface area contributed by atoms with E-state index >= 15 is 0 Å². The number of halogens is 2. The van der Waals surface area contributed by atoms with E-state index in [2.05, 4.69) is 21.2 Å². The van der Waals surface area contributed by atoms with Crippen molar-refractivity contribution in [2.45, 2.75) is 12.5 Å². The van der Waals surface area contributed by atoms with Crippen LogP contribution < -0.4 is 15.8 Å². The molecule has 0 spiro atoms. The van der Waals surface area contributed by atoms with E-state index in [1.807, 2.05) is 0 Å². The number of hydrogen-bond acceptors (Lipinski definition) is 4. The van der Waals surface area contributed by atoms with Gasteiger partial charge in [0.15, 0.2) is 5.75 Å². The molecule has 0 bridgehead atoms. The summed E-state index contributed by atoms with van der Waals surface area (Å²) in [6, 6.07) is 3.31. The number of carbonyl (C=O) groups is 1. The largest absolute Gasteiger partial charge is 0.493 e. The van der Waals surface area contributed by atoms with Crippen molar-refractivity contribution >= 4 is 39.1 Å². The van der Waals surface area contributed by atoms with Crippen molar-refractivity contribution in [2.24, 2.45) is 5.73 Å². The molecule has 0 aromatic heterocycles. The average molecular weight is 352 g/mol. The molecule has 5 nitrogen and oxygen atoms in total. The van der Waals surface area contributed by atoms with Gasteiger partial charge in [-0.2, -0.15) is 0 Å². The molecule has 0 aliphatic rings. The summed E-state index contributed by atoms with van der Waals surface area (Å²) >= 11 is 9.26. The predicted molar refractivity (Wildman–Crippen MR) is 78.8 cm³/mol. The minimum atomic E-state index is -0.311. The van der Waals surface area contributed by atoms with Gasteiger partial charge in [-0.25, -0.2) is 0 Å². The maximum Gasteiger partial charge on any atom is 0.227 e. The highest BCUT2D eigenvalue weighted by atomic mass is 79.9. The van der Waals surface area contributed by atoms with Crippen LogP contribution in [0.3, 0.4) is 0 Å². The van der Waals surface area contributed by atoms with Crippen LogP contribution in [0.1, 0.15) is 6.42 Å². The maximum absolute atomic E-state index is 11.9. The van der Waals surface area contributed by atoms with E-state index in [1.165, 1.54) is 14.2 Å². The van der Waals surface area contributed by atoms with E-state index in [9.17, 15) is 4.79 Å². The molecule has 106 valence electrons. The van der Waals surface area contributed by atoms with Crippen LogP contribution in [0.2, 0.25) is 5.02 Å². The minimum absolute atomic E-state index is 0.167. The first-order valence-corrected chi connectivity index (χ1v) is 6.74. The fourth-order valence-corrected chi connectivity index (χ4v) is 2.50. The second-order valence-corrected chi connectivity index (χ2v) is 5.10. The Labute approximate surface area is 125 Å². The second kappa shape index (κ2) is 7.69. The van der Waals surface area contributed by atoms with Crippen molar-refractivity contribution in [3.63, 3.8) is 0 Å². The molecular weight excluding hydrogens is 336 g/mol. The van der Waals surface area contributed by atoms with Crippen LogP contribution in [0.25, 0.3) is 0 Å². The molecule has 1 rings (SSSR count). The van der Waals surface area contributed by atoms with Gasteiger partial charge >= 0.3 is 0 Å². The fraction of sp³-hybridized carbons (Fsp3) is 0.417. The summed E-state index contributed by atoms with van der Waals surface area (Å²) in [4.78, 5) is 11.9. The number of rotatable bonds is 6. The predicted octanol–water partition coefficient (Wildman–Crippen LogP) is 2.41.